The summed E-state index contributed by atoms with van der Waals surface area (Å²) in [5.74, 6) is 0.374. The SMILES string of the molecule is CCn1nc2ccc(Br)nc2c1Nc1nc(-c2ccc(F)cc2)c(C#N)s1. The number of thiazole rings is 1. The molecule has 4 rings (SSSR count). The van der Waals surface area contributed by atoms with Gasteiger partial charge in [-0.15, -0.1) is 0 Å². The van der Waals surface area contributed by atoms with Gasteiger partial charge in [0.1, 0.15) is 38.1 Å². The maximum atomic E-state index is 13.2. The summed E-state index contributed by atoms with van der Waals surface area (Å²) in [6.07, 6.45) is 0. The van der Waals surface area contributed by atoms with Crippen molar-refractivity contribution < 1.29 is 4.39 Å². The predicted octanol–water partition coefficient (Wildman–Crippen LogP) is 5.09. The molecule has 0 bridgehead atoms. The quantitative estimate of drug-likeness (QED) is 0.445. The molecule has 4 aromatic rings. The fourth-order valence-corrected chi connectivity index (χ4v) is 3.79. The van der Waals surface area contributed by atoms with Gasteiger partial charge in [-0.05, 0) is 59.3 Å². The molecular formula is C18H12BrFN6S. The van der Waals surface area contributed by atoms with Gasteiger partial charge in [0.25, 0.3) is 0 Å². The average molecular weight is 443 g/mol. The summed E-state index contributed by atoms with van der Waals surface area (Å²) in [6, 6.07) is 11.8. The van der Waals surface area contributed by atoms with E-state index in [1.165, 1.54) is 23.5 Å². The van der Waals surface area contributed by atoms with Crippen LogP contribution in [0.25, 0.3) is 22.3 Å². The Kier molecular flexibility index (Phi) is 4.59. The number of aryl methyl sites for hydroxylation is 1. The van der Waals surface area contributed by atoms with Gasteiger partial charge in [-0.3, -0.25) is 0 Å². The van der Waals surface area contributed by atoms with Crippen LogP contribution in [0, 0.1) is 17.1 Å². The van der Waals surface area contributed by atoms with Crippen molar-refractivity contribution in [1.29, 1.82) is 5.26 Å². The van der Waals surface area contributed by atoms with Gasteiger partial charge in [0, 0.05) is 12.1 Å². The molecule has 0 unspecified atom stereocenters. The highest BCUT2D eigenvalue weighted by atomic mass is 79.9. The molecule has 3 heterocycles. The summed E-state index contributed by atoms with van der Waals surface area (Å²) >= 11 is 4.61. The van der Waals surface area contributed by atoms with E-state index in [-0.39, 0.29) is 5.82 Å². The highest BCUT2D eigenvalue weighted by molar-refractivity contribution is 9.10. The highest BCUT2D eigenvalue weighted by Crippen LogP contribution is 2.34. The Bertz CT molecular complexity index is 1180. The van der Waals surface area contributed by atoms with Crippen LogP contribution in [0.2, 0.25) is 0 Å². The Morgan fingerprint density at radius 1 is 1.22 bits per heavy atom. The fourth-order valence-electron chi connectivity index (χ4n) is 2.69. The molecule has 27 heavy (non-hydrogen) atoms. The molecule has 0 fully saturated rings. The summed E-state index contributed by atoms with van der Waals surface area (Å²) < 4.78 is 15.7. The van der Waals surface area contributed by atoms with Crippen LogP contribution in [0.15, 0.2) is 41.0 Å². The Labute approximate surface area is 166 Å². The number of nitrogens with zero attached hydrogens (tertiary/aromatic N) is 5. The molecule has 1 N–H and O–H groups in total. The van der Waals surface area contributed by atoms with Gasteiger partial charge in [0.15, 0.2) is 10.9 Å². The monoisotopic (exact) mass is 442 g/mol. The number of fused-ring (bicyclic) bond motifs is 1. The van der Waals surface area contributed by atoms with Crippen LogP contribution in [-0.4, -0.2) is 19.7 Å². The van der Waals surface area contributed by atoms with Crippen molar-refractivity contribution in [2.24, 2.45) is 0 Å². The molecule has 0 amide bonds. The smallest absolute Gasteiger partial charge is 0.190 e. The van der Waals surface area contributed by atoms with Gasteiger partial charge in [-0.1, -0.05) is 11.3 Å². The molecule has 0 saturated carbocycles. The summed E-state index contributed by atoms with van der Waals surface area (Å²) in [7, 11) is 0. The summed E-state index contributed by atoms with van der Waals surface area (Å²) in [6.45, 7) is 2.64. The van der Waals surface area contributed by atoms with E-state index in [2.05, 4.69) is 42.4 Å². The van der Waals surface area contributed by atoms with Gasteiger partial charge in [0.05, 0.1) is 0 Å². The molecule has 6 nitrogen and oxygen atoms in total. The molecule has 3 aromatic heterocycles. The number of anilines is 2. The number of aromatic nitrogens is 4. The molecule has 9 heteroatoms. The van der Waals surface area contributed by atoms with Gasteiger partial charge < -0.3 is 5.32 Å². The van der Waals surface area contributed by atoms with Crippen LogP contribution in [-0.2, 0) is 6.54 Å². The van der Waals surface area contributed by atoms with E-state index >= 15 is 0 Å². The second-order valence-corrected chi connectivity index (χ2v) is 7.42. The number of halogens is 2. The number of nitriles is 1. The first-order chi connectivity index (χ1) is 13.1. The van der Waals surface area contributed by atoms with Crippen LogP contribution in [0.1, 0.15) is 11.8 Å². The van der Waals surface area contributed by atoms with Crippen LogP contribution in [0.5, 0.6) is 0 Å². The normalized spacial score (nSPS) is 10.9. The van der Waals surface area contributed by atoms with Crippen molar-refractivity contribution in [3.8, 4) is 17.3 Å². The molecule has 0 atom stereocenters. The Hall–Kier alpha value is -2.83. The molecular weight excluding hydrogens is 431 g/mol. The van der Waals surface area contributed by atoms with Crippen molar-refractivity contribution >= 4 is 49.2 Å². The van der Waals surface area contributed by atoms with E-state index in [9.17, 15) is 9.65 Å². The molecule has 0 spiro atoms. The van der Waals surface area contributed by atoms with Crippen molar-refractivity contribution in [3.63, 3.8) is 0 Å². The maximum absolute atomic E-state index is 13.2. The average Bonchev–Trinajstić information content (AvgIpc) is 3.24. The topological polar surface area (TPSA) is 79.4 Å². The van der Waals surface area contributed by atoms with Crippen molar-refractivity contribution in [2.45, 2.75) is 13.5 Å². The summed E-state index contributed by atoms with van der Waals surface area (Å²) in [5, 5.41) is 17.8. The summed E-state index contributed by atoms with van der Waals surface area (Å²) in [4.78, 5) is 9.49. The minimum absolute atomic E-state index is 0.333. The van der Waals surface area contributed by atoms with Crippen molar-refractivity contribution in [3.05, 3.63) is 51.7 Å². The number of benzene rings is 1. The maximum Gasteiger partial charge on any atom is 0.190 e. The van der Waals surface area contributed by atoms with E-state index in [0.717, 1.165) is 5.52 Å². The molecule has 0 saturated heterocycles. The fraction of sp³-hybridized carbons (Fsp3) is 0.111. The second-order valence-electron chi connectivity index (χ2n) is 5.61. The Balaban J connectivity index is 1.78. The van der Waals surface area contributed by atoms with E-state index in [1.807, 2.05) is 19.1 Å². The largest absolute Gasteiger partial charge is 0.315 e. The van der Waals surface area contributed by atoms with Crippen LogP contribution in [0.3, 0.4) is 0 Å². The van der Waals surface area contributed by atoms with E-state index < -0.39 is 0 Å². The second kappa shape index (κ2) is 7.06. The van der Waals surface area contributed by atoms with E-state index in [0.29, 0.717) is 43.7 Å². The molecule has 134 valence electrons. The zero-order valence-corrected chi connectivity index (χ0v) is 16.5. The number of hydrogen-bond acceptors (Lipinski definition) is 6. The zero-order valence-electron chi connectivity index (χ0n) is 14.1. The lowest BCUT2D eigenvalue weighted by Gasteiger charge is -2.05. The third-order valence-corrected chi connectivity index (χ3v) is 5.24. The Morgan fingerprint density at radius 2 is 2.00 bits per heavy atom. The first kappa shape index (κ1) is 17.6. The minimum Gasteiger partial charge on any atom is -0.315 e. The standard InChI is InChI=1S/C18H12BrFN6S/c1-2-26-17(16-12(25-26)7-8-14(19)22-16)24-18-23-15(13(9-21)27-18)10-3-5-11(20)6-4-10/h3-8H,2H2,1H3,(H,23,24). The summed E-state index contributed by atoms with van der Waals surface area (Å²) in [5.41, 5.74) is 2.68. The van der Waals surface area contributed by atoms with Gasteiger partial charge in [-0.2, -0.15) is 10.4 Å². The van der Waals surface area contributed by atoms with Gasteiger partial charge in [0.2, 0.25) is 0 Å². The van der Waals surface area contributed by atoms with Crippen LogP contribution < -0.4 is 5.32 Å². The lowest BCUT2D eigenvalue weighted by molar-refractivity contribution is 0.628. The number of rotatable bonds is 4. The molecule has 0 radical (unpaired) electrons. The highest BCUT2D eigenvalue weighted by Gasteiger charge is 2.17. The molecule has 0 aliphatic rings. The van der Waals surface area contributed by atoms with E-state index in [1.54, 1.807) is 16.8 Å². The Morgan fingerprint density at radius 3 is 2.70 bits per heavy atom. The first-order valence-electron chi connectivity index (χ1n) is 8.06. The third-order valence-electron chi connectivity index (χ3n) is 3.92. The van der Waals surface area contributed by atoms with Gasteiger partial charge >= 0.3 is 0 Å². The van der Waals surface area contributed by atoms with Crippen molar-refractivity contribution in [2.75, 3.05) is 5.32 Å². The number of hydrogen-bond donors (Lipinski definition) is 1. The number of pyridine rings is 1. The lowest BCUT2D eigenvalue weighted by Crippen LogP contribution is -2.02. The van der Waals surface area contributed by atoms with Crippen LogP contribution in [0.4, 0.5) is 15.3 Å². The minimum atomic E-state index is -0.333. The molecule has 1 aromatic carbocycles. The van der Waals surface area contributed by atoms with Crippen molar-refractivity contribution in [1.82, 2.24) is 19.7 Å². The lowest BCUT2D eigenvalue weighted by atomic mass is 10.1. The van der Waals surface area contributed by atoms with Crippen LogP contribution >= 0.6 is 27.3 Å². The van der Waals surface area contributed by atoms with E-state index in [4.69, 9.17) is 0 Å². The third kappa shape index (κ3) is 3.29. The molecule has 0 aliphatic heterocycles. The number of nitrogens with one attached hydrogen (secondary N) is 1. The predicted molar refractivity (Wildman–Crippen MR) is 106 cm³/mol. The molecule has 0 aliphatic carbocycles. The first-order valence-corrected chi connectivity index (χ1v) is 9.67. The van der Waals surface area contributed by atoms with Gasteiger partial charge in [-0.25, -0.2) is 19.0 Å². The zero-order chi connectivity index (χ0) is 19.0.